The van der Waals surface area contributed by atoms with Gasteiger partial charge >= 0.3 is 5.97 Å². The van der Waals surface area contributed by atoms with Crippen LogP contribution in [0, 0.1) is 5.41 Å². The lowest BCUT2D eigenvalue weighted by atomic mass is 9.78. The quantitative estimate of drug-likeness (QED) is 0.888. The molecule has 0 saturated carbocycles. The number of carbonyl (C=O) groups is 1. The van der Waals surface area contributed by atoms with Crippen LogP contribution >= 0.6 is 0 Å². The molecular weight excluding hydrogens is 280 g/mol. The van der Waals surface area contributed by atoms with Crippen LogP contribution in [0.5, 0.6) is 0 Å². The maximum Gasteiger partial charge on any atom is 0.305 e. The highest BCUT2D eigenvalue weighted by molar-refractivity contribution is 5.66. The van der Waals surface area contributed by atoms with Gasteiger partial charge in [-0.1, -0.05) is 0 Å². The number of aromatic nitrogens is 2. The fourth-order valence-electron chi connectivity index (χ4n) is 3.83. The van der Waals surface area contributed by atoms with E-state index in [0.717, 1.165) is 19.6 Å². The molecule has 0 bridgehead atoms. The summed E-state index contributed by atoms with van der Waals surface area (Å²) in [5.74, 6) is -0.778. The van der Waals surface area contributed by atoms with Gasteiger partial charge < -0.3 is 10.0 Å². The number of likely N-dealkylation sites (tertiary alicyclic amines) is 2. The molecule has 0 radical (unpaired) electrons. The molecule has 0 unspecified atom stereocenters. The number of carboxylic acids is 1. The molecule has 0 amide bonds. The standard InChI is InChI=1S/C16H26N4O2/c1-18-7-3-16(13-18)4-8-19(9-5-16)11-14-10-17-20(12-14)6-2-15(21)22/h10,12H,2-9,11,13H2,1H3,(H,21,22). The van der Waals surface area contributed by atoms with Crippen molar-refractivity contribution < 1.29 is 9.90 Å². The molecule has 3 rings (SSSR count). The van der Waals surface area contributed by atoms with E-state index in [0.29, 0.717) is 12.0 Å². The molecule has 0 aliphatic carbocycles. The molecule has 2 aliphatic heterocycles. The topological polar surface area (TPSA) is 61.6 Å². The Morgan fingerprint density at radius 2 is 2.05 bits per heavy atom. The van der Waals surface area contributed by atoms with Gasteiger partial charge in [-0.15, -0.1) is 0 Å². The molecule has 1 N–H and O–H groups in total. The van der Waals surface area contributed by atoms with E-state index < -0.39 is 5.97 Å². The predicted octanol–water partition coefficient (Wildman–Crippen LogP) is 1.28. The minimum Gasteiger partial charge on any atom is -0.481 e. The van der Waals surface area contributed by atoms with E-state index in [-0.39, 0.29) is 6.42 Å². The van der Waals surface area contributed by atoms with Crippen molar-refractivity contribution in [3.8, 4) is 0 Å². The molecule has 1 aromatic heterocycles. The van der Waals surface area contributed by atoms with Crippen LogP contribution in [0.1, 0.15) is 31.2 Å². The zero-order chi connectivity index (χ0) is 15.6. The first-order valence-corrected chi connectivity index (χ1v) is 8.19. The summed E-state index contributed by atoms with van der Waals surface area (Å²) in [6.45, 7) is 6.20. The molecular formula is C16H26N4O2. The van der Waals surface area contributed by atoms with Gasteiger partial charge in [0.1, 0.15) is 0 Å². The van der Waals surface area contributed by atoms with Crippen molar-refractivity contribution >= 4 is 5.97 Å². The predicted molar refractivity (Wildman–Crippen MR) is 83.5 cm³/mol. The number of hydrogen-bond acceptors (Lipinski definition) is 4. The average molecular weight is 306 g/mol. The van der Waals surface area contributed by atoms with Crippen LogP contribution in [-0.4, -0.2) is 63.9 Å². The summed E-state index contributed by atoms with van der Waals surface area (Å²) in [6, 6.07) is 0. The summed E-state index contributed by atoms with van der Waals surface area (Å²) < 4.78 is 1.74. The van der Waals surface area contributed by atoms with Crippen LogP contribution in [0.4, 0.5) is 0 Å². The number of piperidine rings is 1. The highest BCUT2D eigenvalue weighted by Gasteiger charge is 2.39. The molecule has 2 fully saturated rings. The number of hydrogen-bond donors (Lipinski definition) is 1. The second-order valence-corrected chi connectivity index (χ2v) is 7.02. The maximum absolute atomic E-state index is 10.6. The molecule has 3 heterocycles. The van der Waals surface area contributed by atoms with Crippen molar-refractivity contribution in [2.45, 2.75) is 38.8 Å². The lowest BCUT2D eigenvalue weighted by Crippen LogP contribution is -2.40. The lowest BCUT2D eigenvalue weighted by molar-refractivity contribution is -0.137. The summed E-state index contributed by atoms with van der Waals surface area (Å²) >= 11 is 0. The van der Waals surface area contributed by atoms with Gasteiger partial charge in [0.15, 0.2) is 0 Å². The summed E-state index contributed by atoms with van der Waals surface area (Å²) in [6.07, 6.45) is 7.92. The second-order valence-electron chi connectivity index (χ2n) is 7.02. The van der Waals surface area contributed by atoms with Crippen molar-refractivity contribution in [1.29, 1.82) is 0 Å². The Morgan fingerprint density at radius 3 is 2.68 bits per heavy atom. The average Bonchev–Trinajstić information content (AvgIpc) is 3.07. The first-order chi connectivity index (χ1) is 10.5. The van der Waals surface area contributed by atoms with E-state index in [1.807, 2.05) is 12.4 Å². The third kappa shape index (κ3) is 3.67. The highest BCUT2D eigenvalue weighted by atomic mass is 16.4. The van der Waals surface area contributed by atoms with Gasteiger partial charge in [0.2, 0.25) is 0 Å². The fourth-order valence-corrected chi connectivity index (χ4v) is 3.83. The van der Waals surface area contributed by atoms with E-state index in [1.165, 1.54) is 37.9 Å². The number of carboxylic acid groups (broad SMARTS) is 1. The van der Waals surface area contributed by atoms with Crippen molar-refractivity contribution in [1.82, 2.24) is 19.6 Å². The zero-order valence-electron chi connectivity index (χ0n) is 13.4. The Morgan fingerprint density at radius 1 is 1.32 bits per heavy atom. The van der Waals surface area contributed by atoms with E-state index in [4.69, 9.17) is 5.11 Å². The van der Waals surface area contributed by atoms with Crippen molar-refractivity contribution in [2.75, 3.05) is 33.2 Å². The van der Waals surface area contributed by atoms with Gasteiger partial charge in [-0.3, -0.25) is 14.4 Å². The summed E-state index contributed by atoms with van der Waals surface area (Å²) in [4.78, 5) is 15.6. The molecule has 6 heteroatoms. The third-order valence-electron chi connectivity index (χ3n) is 5.19. The van der Waals surface area contributed by atoms with E-state index in [9.17, 15) is 4.79 Å². The first-order valence-electron chi connectivity index (χ1n) is 8.19. The molecule has 122 valence electrons. The van der Waals surface area contributed by atoms with Gasteiger partial charge in [-0.2, -0.15) is 5.10 Å². The maximum atomic E-state index is 10.6. The van der Waals surface area contributed by atoms with Crippen LogP contribution in [0.25, 0.3) is 0 Å². The molecule has 1 spiro atoms. The molecule has 2 saturated heterocycles. The molecule has 0 aromatic carbocycles. The van der Waals surface area contributed by atoms with Crippen LogP contribution < -0.4 is 0 Å². The van der Waals surface area contributed by atoms with Crippen LogP contribution in [0.2, 0.25) is 0 Å². The monoisotopic (exact) mass is 306 g/mol. The Balaban J connectivity index is 1.47. The van der Waals surface area contributed by atoms with Gasteiger partial charge in [-0.25, -0.2) is 0 Å². The van der Waals surface area contributed by atoms with E-state index in [2.05, 4.69) is 21.9 Å². The summed E-state index contributed by atoms with van der Waals surface area (Å²) in [5.41, 5.74) is 1.75. The van der Waals surface area contributed by atoms with Crippen molar-refractivity contribution in [3.05, 3.63) is 18.0 Å². The first kappa shape index (κ1) is 15.5. The minimum absolute atomic E-state index is 0.126. The lowest BCUT2D eigenvalue weighted by Gasteiger charge is -2.39. The molecule has 6 nitrogen and oxygen atoms in total. The summed E-state index contributed by atoms with van der Waals surface area (Å²) in [5, 5.41) is 13.0. The molecule has 22 heavy (non-hydrogen) atoms. The number of aryl methyl sites for hydroxylation is 1. The van der Waals surface area contributed by atoms with E-state index in [1.54, 1.807) is 4.68 Å². The normalized spacial score (nSPS) is 22.4. The van der Waals surface area contributed by atoms with Gasteiger partial charge in [0, 0.05) is 24.8 Å². The largest absolute Gasteiger partial charge is 0.481 e. The Hall–Kier alpha value is -1.40. The van der Waals surface area contributed by atoms with Crippen LogP contribution in [-0.2, 0) is 17.9 Å². The Kier molecular flexibility index (Phi) is 4.49. The minimum atomic E-state index is -0.778. The number of aliphatic carboxylic acids is 1. The Labute approximate surface area is 131 Å². The van der Waals surface area contributed by atoms with Crippen LogP contribution in [0.3, 0.4) is 0 Å². The molecule has 0 atom stereocenters. The SMILES string of the molecule is CN1CCC2(CCN(Cc3cnn(CCC(=O)O)c3)CC2)C1. The smallest absolute Gasteiger partial charge is 0.305 e. The highest BCUT2D eigenvalue weighted by Crippen LogP contribution is 2.39. The van der Waals surface area contributed by atoms with Gasteiger partial charge in [0.25, 0.3) is 0 Å². The molecule has 2 aliphatic rings. The zero-order valence-corrected chi connectivity index (χ0v) is 13.4. The van der Waals surface area contributed by atoms with E-state index >= 15 is 0 Å². The van der Waals surface area contributed by atoms with Gasteiger partial charge in [-0.05, 0) is 51.4 Å². The second kappa shape index (κ2) is 6.38. The third-order valence-corrected chi connectivity index (χ3v) is 5.19. The number of rotatable bonds is 5. The molecule has 1 aromatic rings. The fraction of sp³-hybridized carbons (Fsp3) is 0.750. The summed E-state index contributed by atoms with van der Waals surface area (Å²) in [7, 11) is 2.23. The number of nitrogens with zero attached hydrogens (tertiary/aromatic N) is 4. The van der Waals surface area contributed by atoms with Crippen molar-refractivity contribution in [2.24, 2.45) is 5.41 Å². The van der Waals surface area contributed by atoms with Crippen molar-refractivity contribution in [3.63, 3.8) is 0 Å². The van der Waals surface area contributed by atoms with Gasteiger partial charge in [0.05, 0.1) is 19.2 Å². The van der Waals surface area contributed by atoms with Crippen LogP contribution in [0.15, 0.2) is 12.4 Å². The Bertz CT molecular complexity index is 520.